The van der Waals surface area contributed by atoms with E-state index >= 15 is 0 Å². The molecule has 1 heterocycles. The summed E-state index contributed by atoms with van der Waals surface area (Å²) in [4.78, 5) is 23.9. The number of nitrogens with zero attached hydrogens (tertiary/aromatic N) is 1. The lowest BCUT2D eigenvalue weighted by Crippen LogP contribution is -2.44. The van der Waals surface area contributed by atoms with Gasteiger partial charge in [-0.1, -0.05) is 0 Å². The third-order valence-corrected chi connectivity index (χ3v) is 3.51. The monoisotopic (exact) mass is 195 g/mol. The fourth-order valence-corrected chi connectivity index (χ4v) is 2.63. The van der Waals surface area contributed by atoms with E-state index in [4.69, 9.17) is 0 Å². The molecule has 1 saturated carbocycles. The number of amides is 1. The van der Waals surface area contributed by atoms with Crippen molar-refractivity contribution in [2.45, 2.75) is 38.6 Å². The molecular formula is C11H17NO2. The number of likely N-dealkylation sites (tertiary alicyclic amines) is 1. The molecule has 0 N–H and O–H groups in total. The summed E-state index contributed by atoms with van der Waals surface area (Å²) in [5.74, 6) is 0.878. The second kappa shape index (κ2) is 3.71. The first-order valence-electron chi connectivity index (χ1n) is 5.46. The second-order valence-corrected chi connectivity index (χ2v) is 4.48. The van der Waals surface area contributed by atoms with Gasteiger partial charge in [0.25, 0.3) is 0 Å². The first-order valence-corrected chi connectivity index (χ1v) is 5.46. The molecule has 1 saturated heterocycles. The zero-order valence-corrected chi connectivity index (χ0v) is 8.61. The number of carbonyl (C=O) groups is 2. The van der Waals surface area contributed by atoms with Crippen LogP contribution >= 0.6 is 0 Å². The number of rotatable bonds is 2. The average Bonchev–Trinajstić information content (AvgIpc) is 2.96. The minimum atomic E-state index is 0.172. The summed E-state index contributed by atoms with van der Waals surface area (Å²) in [5.41, 5.74) is 0. The summed E-state index contributed by atoms with van der Waals surface area (Å²) in [6, 6.07) is 0.358. The molecule has 2 fully saturated rings. The van der Waals surface area contributed by atoms with Crippen LogP contribution in [0.5, 0.6) is 0 Å². The maximum atomic E-state index is 11.4. The van der Waals surface area contributed by atoms with Crippen molar-refractivity contribution in [2.75, 3.05) is 6.54 Å². The third kappa shape index (κ3) is 1.68. The summed E-state index contributed by atoms with van der Waals surface area (Å²) >= 11 is 0. The van der Waals surface area contributed by atoms with Crippen LogP contribution in [0.2, 0.25) is 0 Å². The van der Waals surface area contributed by atoms with Crippen molar-refractivity contribution in [1.82, 2.24) is 4.90 Å². The molecule has 0 aromatic rings. The summed E-state index contributed by atoms with van der Waals surface area (Å²) in [7, 11) is 0. The fraction of sp³-hybridized carbons (Fsp3) is 0.818. The Kier molecular flexibility index (Phi) is 2.57. The van der Waals surface area contributed by atoms with Crippen molar-refractivity contribution in [2.24, 2.45) is 11.8 Å². The van der Waals surface area contributed by atoms with Gasteiger partial charge in [0.05, 0.1) is 0 Å². The topological polar surface area (TPSA) is 37.4 Å². The maximum absolute atomic E-state index is 11.4. The van der Waals surface area contributed by atoms with Gasteiger partial charge in [0.15, 0.2) is 0 Å². The highest BCUT2D eigenvalue weighted by molar-refractivity contribution is 5.74. The van der Waals surface area contributed by atoms with Gasteiger partial charge in [0.1, 0.15) is 6.29 Å². The molecule has 1 aliphatic heterocycles. The van der Waals surface area contributed by atoms with Crippen molar-refractivity contribution in [3.8, 4) is 0 Å². The highest BCUT2D eigenvalue weighted by Crippen LogP contribution is 2.44. The number of hydrogen-bond acceptors (Lipinski definition) is 2. The molecule has 3 atom stereocenters. The van der Waals surface area contributed by atoms with Crippen molar-refractivity contribution in [3.05, 3.63) is 0 Å². The number of piperidine rings is 1. The van der Waals surface area contributed by atoms with Crippen LogP contribution in [0.4, 0.5) is 0 Å². The molecule has 1 aliphatic carbocycles. The molecule has 2 rings (SSSR count). The molecule has 0 aromatic heterocycles. The fourth-order valence-electron chi connectivity index (χ4n) is 2.63. The molecule has 78 valence electrons. The maximum Gasteiger partial charge on any atom is 0.219 e. The zero-order valence-electron chi connectivity index (χ0n) is 8.61. The number of carbonyl (C=O) groups excluding carboxylic acids is 2. The van der Waals surface area contributed by atoms with E-state index in [0.29, 0.717) is 12.0 Å². The van der Waals surface area contributed by atoms with Crippen molar-refractivity contribution in [3.63, 3.8) is 0 Å². The Bertz CT molecular complexity index is 252. The quantitative estimate of drug-likeness (QED) is 0.621. The van der Waals surface area contributed by atoms with Gasteiger partial charge in [-0.15, -0.1) is 0 Å². The molecule has 2 aliphatic rings. The smallest absolute Gasteiger partial charge is 0.219 e. The molecule has 0 bridgehead atoms. The zero-order chi connectivity index (χ0) is 10.1. The van der Waals surface area contributed by atoms with Crippen LogP contribution in [-0.4, -0.2) is 29.7 Å². The minimum absolute atomic E-state index is 0.172. The molecule has 3 unspecified atom stereocenters. The van der Waals surface area contributed by atoms with Crippen LogP contribution in [0.1, 0.15) is 32.6 Å². The highest BCUT2D eigenvalue weighted by atomic mass is 16.2. The van der Waals surface area contributed by atoms with Gasteiger partial charge in [0.2, 0.25) is 5.91 Å². The first-order chi connectivity index (χ1) is 6.74. The lowest BCUT2D eigenvalue weighted by molar-refractivity contribution is -0.133. The van der Waals surface area contributed by atoms with Gasteiger partial charge in [-0.05, 0) is 31.6 Å². The number of hydrogen-bond donors (Lipinski definition) is 0. The largest absolute Gasteiger partial charge is 0.340 e. The molecule has 3 nitrogen and oxygen atoms in total. The Labute approximate surface area is 84.5 Å². The Morgan fingerprint density at radius 2 is 2.21 bits per heavy atom. The third-order valence-electron chi connectivity index (χ3n) is 3.51. The lowest BCUT2D eigenvalue weighted by atomic mass is 9.97. The van der Waals surface area contributed by atoms with E-state index in [1.165, 1.54) is 6.42 Å². The number of aldehydes is 1. The van der Waals surface area contributed by atoms with Crippen molar-refractivity contribution >= 4 is 12.2 Å². The lowest BCUT2D eigenvalue weighted by Gasteiger charge is -2.35. The van der Waals surface area contributed by atoms with Crippen LogP contribution in [0.3, 0.4) is 0 Å². The van der Waals surface area contributed by atoms with E-state index in [1.807, 2.05) is 4.90 Å². The predicted molar refractivity (Wildman–Crippen MR) is 52.7 cm³/mol. The van der Waals surface area contributed by atoms with Gasteiger partial charge in [-0.2, -0.15) is 0 Å². The van der Waals surface area contributed by atoms with Gasteiger partial charge in [-0.25, -0.2) is 0 Å². The van der Waals surface area contributed by atoms with E-state index in [0.717, 1.165) is 32.1 Å². The Morgan fingerprint density at radius 3 is 2.79 bits per heavy atom. The van der Waals surface area contributed by atoms with Crippen LogP contribution in [0.25, 0.3) is 0 Å². The van der Waals surface area contributed by atoms with Crippen LogP contribution in [0, 0.1) is 11.8 Å². The summed E-state index contributed by atoms with van der Waals surface area (Å²) in [6.07, 6.45) is 5.47. The van der Waals surface area contributed by atoms with Gasteiger partial charge < -0.3 is 9.69 Å². The van der Waals surface area contributed by atoms with Crippen LogP contribution in [-0.2, 0) is 9.59 Å². The first kappa shape index (κ1) is 9.69. The van der Waals surface area contributed by atoms with Crippen LogP contribution in [0.15, 0.2) is 0 Å². The second-order valence-electron chi connectivity index (χ2n) is 4.48. The van der Waals surface area contributed by atoms with E-state index in [1.54, 1.807) is 6.92 Å². The SMILES string of the molecule is CC(=O)N1CCCCC1C1CC1C=O. The summed E-state index contributed by atoms with van der Waals surface area (Å²) in [6.45, 7) is 2.53. The standard InChI is InChI=1S/C11H17NO2/c1-8(14)12-5-3-2-4-11(12)10-6-9(10)7-13/h7,9-11H,2-6H2,1H3. The van der Waals surface area contributed by atoms with E-state index in [-0.39, 0.29) is 11.8 Å². The molecule has 14 heavy (non-hydrogen) atoms. The predicted octanol–water partition coefficient (Wildman–Crippen LogP) is 1.22. The Hall–Kier alpha value is -0.860. The van der Waals surface area contributed by atoms with E-state index in [2.05, 4.69) is 0 Å². The minimum Gasteiger partial charge on any atom is -0.340 e. The molecule has 0 radical (unpaired) electrons. The molecule has 0 aromatic carbocycles. The van der Waals surface area contributed by atoms with Gasteiger partial charge >= 0.3 is 0 Å². The highest BCUT2D eigenvalue weighted by Gasteiger charge is 2.46. The van der Waals surface area contributed by atoms with Crippen molar-refractivity contribution in [1.29, 1.82) is 0 Å². The molecule has 3 heteroatoms. The molecule has 0 spiro atoms. The van der Waals surface area contributed by atoms with E-state index < -0.39 is 0 Å². The Balaban J connectivity index is 2.00. The van der Waals surface area contributed by atoms with Gasteiger partial charge in [-0.3, -0.25) is 4.79 Å². The van der Waals surface area contributed by atoms with Crippen molar-refractivity contribution < 1.29 is 9.59 Å². The van der Waals surface area contributed by atoms with Crippen LogP contribution < -0.4 is 0 Å². The average molecular weight is 195 g/mol. The summed E-state index contributed by atoms with van der Waals surface area (Å²) < 4.78 is 0. The molecule has 1 amide bonds. The normalized spacial score (nSPS) is 36.6. The Morgan fingerprint density at radius 1 is 1.43 bits per heavy atom. The van der Waals surface area contributed by atoms with Gasteiger partial charge in [0, 0.05) is 25.4 Å². The van der Waals surface area contributed by atoms with E-state index in [9.17, 15) is 9.59 Å². The summed E-state index contributed by atoms with van der Waals surface area (Å²) in [5, 5.41) is 0. The molecular weight excluding hydrogens is 178 g/mol.